The standard InChI is InChI=1S/C31H27N3O7S/c1-4-40-30(36)27-19(2)32-31-33(28(27)22-8-6-5-7-9-22)29(35)26(42-31)17-21-12-15-24(25(16-21)39-3)41-18-20-10-13-23(14-11-20)34(37)38/h5-17,28H,4,18H2,1-3H3/b26-17-. The highest BCUT2D eigenvalue weighted by atomic mass is 32.1. The van der Waals surface area contributed by atoms with Gasteiger partial charge in [0.25, 0.3) is 11.2 Å². The number of methoxy groups -OCH3 is 1. The summed E-state index contributed by atoms with van der Waals surface area (Å²) in [5, 5.41) is 10.9. The molecule has 0 spiro atoms. The molecule has 0 aliphatic carbocycles. The number of carbonyl (C=O) groups excluding carboxylic acids is 1. The van der Waals surface area contributed by atoms with Crippen LogP contribution in [-0.4, -0.2) is 29.2 Å². The van der Waals surface area contributed by atoms with Crippen LogP contribution in [0, 0.1) is 10.1 Å². The van der Waals surface area contributed by atoms with Gasteiger partial charge in [0.15, 0.2) is 16.3 Å². The second-order valence-electron chi connectivity index (χ2n) is 9.34. The smallest absolute Gasteiger partial charge is 0.338 e. The number of nitro benzene ring substituents is 1. The molecular weight excluding hydrogens is 558 g/mol. The molecule has 0 bridgehead atoms. The lowest BCUT2D eigenvalue weighted by Crippen LogP contribution is -2.39. The van der Waals surface area contributed by atoms with E-state index in [1.807, 2.05) is 30.3 Å². The van der Waals surface area contributed by atoms with E-state index in [1.165, 1.54) is 30.6 Å². The fraction of sp³-hybridized carbons (Fsp3) is 0.194. The average Bonchev–Trinajstić information content (AvgIpc) is 3.30. The molecule has 10 nitrogen and oxygen atoms in total. The number of allylic oxidation sites excluding steroid dienone is 1. The molecule has 0 N–H and O–H groups in total. The zero-order valence-electron chi connectivity index (χ0n) is 23.1. The summed E-state index contributed by atoms with van der Waals surface area (Å²) in [6.07, 6.45) is 1.75. The molecule has 5 rings (SSSR count). The molecule has 1 aromatic heterocycles. The Kier molecular flexibility index (Phi) is 8.30. The third-order valence-electron chi connectivity index (χ3n) is 6.66. The highest BCUT2D eigenvalue weighted by Crippen LogP contribution is 2.31. The minimum Gasteiger partial charge on any atom is -0.493 e. The van der Waals surface area contributed by atoms with Gasteiger partial charge in [0.2, 0.25) is 0 Å². The first-order chi connectivity index (χ1) is 20.3. The fourth-order valence-corrected chi connectivity index (χ4v) is 5.71. The van der Waals surface area contributed by atoms with Crippen molar-refractivity contribution >= 4 is 29.1 Å². The van der Waals surface area contributed by atoms with Crippen LogP contribution in [0.25, 0.3) is 6.08 Å². The fourth-order valence-electron chi connectivity index (χ4n) is 4.66. The maximum atomic E-state index is 13.8. The van der Waals surface area contributed by atoms with E-state index < -0.39 is 16.9 Å². The number of benzene rings is 3. The largest absolute Gasteiger partial charge is 0.493 e. The molecule has 1 atom stereocenters. The Morgan fingerprint density at radius 2 is 1.83 bits per heavy atom. The van der Waals surface area contributed by atoms with E-state index in [-0.39, 0.29) is 24.5 Å². The Morgan fingerprint density at radius 3 is 2.50 bits per heavy atom. The predicted octanol–water partition coefficient (Wildman–Crippen LogP) is 4.29. The van der Waals surface area contributed by atoms with Crippen LogP contribution in [0.1, 0.15) is 36.6 Å². The SMILES string of the molecule is CCOC(=O)C1=C(C)N=c2s/c(=C\c3ccc(OCc4ccc([N+](=O)[O-])cc4)c(OC)c3)c(=O)n2C1c1ccccc1. The minimum absolute atomic E-state index is 0.00771. The first kappa shape index (κ1) is 28.5. The van der Waals surface area contributed by atoms with Crippen LogP contribution < -0.4 is 24.4 Å². The summed E-state index contributed by atoms with van der Waals surface area (Å²) in [6, 6.07) is 20.1. The summed E-state index contributed by atoms with van der Waals surface area (Å²) in [5.74, 6) is 0.435. The highest BCUT2D eigenvalue weighted by molar-refractivity contribution is 7.07. The molecule has 1 aliphatic heterocycles. The molecule has 4 aromatic rings. The van der Waals surface area contributed by atoms with Crippen LogP contribution in [0.4, 0.5) is 5.69 Å². The molecule has 214 valence electrons. The van der Waals surface area contributed by atoms with Crippen molar-refractivity contribution < 1.29 is 23.9 Å². The van der Waals surface area contributed by atoms with Crippen molar-refractivity contribution in [2.24, 2.45) is 4.99 Å². The molecule has 2 heterocycles. The summed E-state index contributed by atoms with van der Waals surface area (Å²) < 4.78 is 18.8. The maximum absolute atomic E-state index is 13.8. The van der Waals surface area contributed by atoms with Gasteiger partial charge >= 0.3 is 5.97 Å². The molecule has 0 amide bonds. The Hall–Kier alpha value is -5.03. The summed E-state index contributed by atoms with van der Waals surface area (Å²) in [5.41, 5.74) is 2.81. The topological polar surface area (TPSA) is 122 Å². The number of carbonyl (C=O) groups is 1. The zero-order chi connectivity index (χ0) is 29.8. The van der Waals surface area contributed by atoms with Crippen LogP contribution in [0.5, 0.6) is 11.5 Å². The predicted molar refractivity (Wildman–Crippen MR) is 157 cm³/mol. The lowest BCUT2D eigenvalue weighted by Gasteiger charge is -2.24. The monoisotopic (exact) mass is 585 g/mol. The van der Waals surface area contributed by atoms with Gasteiger partial charge in [-0.1, -0.05) is 47.7 Å². The molecule has 3 aromatic carbocycles. The van der Waals surface area contributed by atoms with Gasteiger partial charge in [0, 0.05) is 12.1 Å². The molecule has 1 aliphatic rings. The molecule has 1 unspecified atom stereocenters. The number of esters is 1. The van der Waals surface area contributed by atoms with Crippen LogP contribution in [0.3, 0.4) is 0 Å². The zero-order valence-corrected chi connectivity index (χ0v) is 23.9. The number of non-ortho nitro benzene ring substituents is 1. The number of aromatic nitrogens is 1. The average molecular weight is 586 g/mol. The molecule has 11 heteroatoms. The van der Waals surface area contributed by atoms with Gasteiger partial charge in [-0.25, -0.2) is 9.79 Å². The van der Waals surface area contributed by atoms with Gasteiger partial charge in [0.05, 0.1) is 40.5 Å². The number of nitrogens with zero attached hydrogens (tertiary/aromatic N) is 3. The van der Waals surface area contributed by atoms with Crippen LogP contribution in [0.15, 0.2) is 93.9 Å². The quantitative estimate of drug-likeness (QED) is 0.163. The molecular formula is C31H27N3O7S. The summed E-state index contributed by atoms with van der Waals surface area (Å²) in [4.78, 5) is 42.3. The molecule has 42 heavy (non-hydrogen) atoms. The van der Waals surface area contributed by atoms with E-state index in [0.717, 1.165) is 11.1 Å². The van der Waals surface area contributed by atoms with Crippen molar-refractivity contribution in [1.29, 1.82) is 0 Å². The van der Waals surface area contributed by atoms with Gasteiger partial charge in [-0.2, -0.15) is 0 Å². The number of nitro groups is 1. The van der Waals surface area contributed by atoms with E-state index in [0.29, 0.717) is 37.7 Å². The van der Waals surface area contributed by atoms with Crippen molar-refractivity contribution in [3.8, 4) is 11.5 Å². The van der Waals surface area contributed by atoms with Crippen molar-refractivity contribution in [2.75, 3.05) is 13.7 Å². The van der Waals surface area contributed by atoms with Crippen molar-refractivity contribution in [3.63, 3.8) is 0 Å². The minimum atomic E-state index is -0.673. The summed E-state index contributed by atoms with van der Waals surface area (Å²) in [6.45, 7) is 3.88. The number of fused-ring (bicyclic) bond motifs is 1. The number of hydrogen-bond acceptors (Lipinski definition) is 9. The van der Waals surface area contributed by atoms with E-state index in [4.69, 9.17) is 14.2 Å². The molecule has 0 saturated carbocycles. The second kappa shape index (κ2) is 12.2. The normalized spacial score (nSPS) is 14.6. The van der Waals surface area contributed by atoms with E-state index >= 15 is 0 Å². The molecule has 0 saturated heterocycles. The first-order valence-electron chi connectivity index (χ1n) is 13.1. The van der Waals surface area contributed by atoms with Gasteiger partial charge in [0.1, 0.15) is 6.61 Å². The third kappa shape index (κ3) is 5.72. The van der Waals surface area contributed by atoms with Gasteiger partial charge < -0.3 is 14.2 Å². The van der Waals surface area contributed by atoms with Gasteiger partial charge in [-0.3, -0.25) is 19.5 Å². The first-order valence-corrected chi connectivity index (χ1v) is 13.9. The number of hydrogen-bond donors (Lipinski definition) is 0. The van der Waals surface area contributed by atoms with Crippen molar-refractivity contribution in [1.82, 2.24) is 4.57 Å². The summed E-state index contributed by atoms with van der Waals surface area (Å²) >= 11 is 1.24. The van der Waals surface area contributed by atoms with Gasteiger partial charge in [-0.05, 0) is 60.9 Å². The number of thiazole rings is 1. The van der Waals surface area contributed by atoms with Crippen molar-refractivity contribution in [3.05, 3.63) is 131 Å². The Bertz CT molecular complexity index is 1860. The van der Waals surface area contributed by atoms with Crippen molar-refractivity contribution in [2.45, 2.75) is 26.5 Å². The molecule has 0 fully saturated rings. The van der Waals surface area contributed by atoms with E-state index in [9.17, 15) is 19.7 Å². The Morgan fingerprint density at radius 1 is 1.10 bits per heavy atom. The Balaban J connectivity index is 1.49. The van der Waals surface area contributed by atoms with Crippen LogP contribution in [0.2, 0.25) is 0 Å². The highest BCUT2D eigenvalue weighted by Gasteiger charge is 2.33. The maximum Gasteiger partial charge on any atom is 0.338 e. The lowest BCUT2D eigenvalue weighted by molar-refractivity contribution is -0.384. The van der Waals surface area contributed by atoms with Crippen LogP contribution in [-0.2, 0) is 16.1 Å². The lowest BCUT2D eigenvalue weighted by atomic mass is 9.96. The summed E-state index contributed by atoms with van der Waals surface area (Å²) in [7, 11) is 1.52. The van der Waals surface area contributed by atoms with E-state index in [1.54, 1.807) is 54.8 Å². The molecule has 0 radical (unpaired) electrons. The Labute approximate surface area is 244 Å². The second-order valence-corrected chi connectivity index (χ2v) is 10.3. The van der Waals surface area contributed by atoms with Crippen LogP contribution >= 0.6 is 11.3 Å². The number of ether oxygens (including phenoxy) is 3. The number of rotatable bonds is 9. The van der Waals surface area contributed by atoms with Gasteiger partial charge in [-0.15, -0.1) is 0 Å². The third-order valence-corrected chi connectivity index (χ3v) is 7.64. The van der Waals surface area contributed by atoms with E-state index in [2.05, 4.69) is 4.99 Å².